The topological polar surface area (TPSA) is 75.3 Å². The highest BCUT2D eigenvalue weighted by Crippen LogP contribution is 1.85. The average Bonchev–Trinajstić information content (AvgIpc) is 1.87. The monoisotopic (exact) mass is 146 g/mol. The lowest BCUT2D eigenvalue weighted by Gasteiger charge is -2.06. The van der Waals surface area contributed by atoms with Crippen LogP contribution < -0.4 is 11.1 Å². The molecule has 10 heavy (non-hydrogen) atoms. The minimum atomic E-state index is -0.829. The van der Waals surface area contributed by atoms with Crippen LogP contribution in [-0.2, 0) is 4.79 Å². The van der Waals surface area contributed by atoms with E-state index in [1.807, 2.05) is 6.92 Å². The predicted molar refractivity (Wildman–Crippen MR) is 38.7 cm³/mol. The summed E-state index contributed by atoms with van der Waals surface area (Å²) in [5.41, 5.74) is 5.30. The smallest absolute Gasteiger partial charge is 0.317 e. The molecule has 0 amide bonds. The first kappa shape index (κ1) is 9.39. The largest absolute Gasteiger partial charge is 0.480 e. The molecule has 4 N–H and O–H groups in total. The molecule has 0 fully saturated rings. The highest BCUT2D eigenvalue weighted by molar-refractivity contribution is 5.68. The molecule has 1 unspecified atom stereocenters. The summed E-state index contributed by atoms with van der Waals surface area (Å²) in [7, 11) is 0. The van der Waals surface area contributed by atoms with Crippen LogP contribution >= 0.6 is 0 Å². The molecule has 0 bridgehead atoms. The number of nitrogens with one attached hydrogen (secondary N) is 1. The summed E-state index contributed by atoms with van der Waals surface area (Å²) in [4.78, 5) is 9.98. The van der Waals surface area contributed by atoms with Gasteiger partial charge in [0, 0.05) is 0 Å². The van der Waals surface area contributed by atoms with Crippen LogP contribution in [0, 0.1) is 5.92 Å². The van der Waals surface area contributed by atoms with Crippen LogP contribution in [0.2, 0.25) is 0 Å². The second-order valence-electron chi connectivity index (χ2n) is 2.37. The Morgan fingerprint density at radius 2 is 2.40 bits per heavy atom. The standard InChI is InChI=1S/C6H14N2O2/c1-5(2-7)3-8-4-6(9)10/h5,8H,2-4,7H2,1H3,(H,9,10). The second-order valence-corrected chi connectivity index (χ2v) is 2.37. The van der Waals surface area contributed by atoms with Gasteiger partial charge in [0.05, 0.1) is 6.54 Å². The zero-order chi connectivity index (χ0) is 7.98. The minimum absolute atomic E-state index is 0.0182. The number of aliphatic carboxylic acids is 1. The normalized spacial score (nSPS) is 13.0. The zero-order valence-electron chi connectivity index (χ0n) is 6.13. The van der Waals surface area contributed by atoms with Crippen molar-refractivity contribution in [3.8, 4) is 0 Å². The van der Waals surface area contributed by atoms with Gasteiger partial charge in [-0.25, -0.2) is 0 Å². The first-order chi connectivity index (χ1) is 4.66. The van der Waals surface area contributed by atoms with Crippen molar-refractivity contribution in [1.29, 1.82) is 0 Å². The number of rotatable bonds is 5. The summed E-state index contributed by atoms with van der Waals surface area (Å²) < 4.78 is 0. The fraction of sp³-hybridized carbons (Fsp3) is 0.833. The van der Waals surface area contributed by atoms with Crippen molar-refractivity contribution >= 4 is 5.97 Å². The molecule has 0 aliphatic heterocycles. The highest BCUT2D eigenvalue weighted by Gasteiger charge is 1.99. The van der Waals surface area contributed by atoms with Crippen LogP contribution in [0.1, 0.15) is 6.92 Å². The Balaban J connectivity index is 3.11. The Hall–Kier alpha value is -0.610. The number of hydrogen-bond donors (Lipinski definition) is 3. The molecule has 1 atom stereocenters. The van der Waals surface area contributed by atoms with Crippen molar-refractivity contribution in [3.63, 3.8) is 0 Å². The molecule has 0 heterocycles. The summed E-state index contributed by atoms with van der Waals surface area (Å²) in [6.07, 6.45) is 0. The molecular weight excluding hydrogens is 132 g/mol. The molecule has 4 nitrogen and oxygen atoms in total. The third kappa shape index (κ3) is 5.53. The van der Waals surface area contributed by atoms with E-state index in [2.05, 4.69) is 5.32 Å². The van der Waals surface area contributed by atoms with Crippen molar-refractivity contribution in [2.24, 2.45) is 11.7 Å². The highest BCUT2D eigenvalue weighted by atomic mass is 16.4. The molecule has 0 aliphatic rings. The maximum atomic E-state index is 9.98. The lowest BCUT2D eigenvalue weighted by Crippen LogP contribution is -2.30. The van der Waals surface area contributed by atoms with Crippen LogP contribution in [0.3, 0.4) is 0 Å². The Kier molecular flexibility index (Phi) is 4.88. The number of carbonyl (C=O) groups is 1. The van der Waals surface area contributed by atoms with Crippen LogP contribution in [-0.4, -0.2) is 30.7 Å². The summed E-state index contributed by atoms with van der Waals surface area (Å²) in [5.74, 6) is -0.483. The zero-order valence-corrected chi connectivity index (χ0v) is 6.13. The quantitative estimate of drug-likeness (QED) is 0.477. The fourth-order valence-corrected chi connectivity index (χ4v) is 0.509. The number of carboxylic acid groups (broad SMARTS) is 1. The van der Waals surface area contributed by atoms with Crippen molar-refractivity contribution in [1.82, 2.24) is 5.32 Å². The Morgan fingerprint density at radius 3 is 2.80 bits per heavy atom. The molecule has 0 radical (unpaired) electrons. The van der Waals surface area contributed by atoms with E-state index in [4.69, 9.17) is 10.8 Å². The van der Waals surface area contributed by atoms with Crippen LogP contribution in [0.4, 0.5) is 0 Å². The fourth-order valence-electron chi connectivity index (χ4n) is 0.509. The number of nitrogens with two attached hydrogens (primary N) is 1. The van der Waals surface area contributed by atoms with E-state index in [-0.39, 0.29) is 6.54 Å². The molecule has 0 aromatic heterocycles. The average molecular weight is 146 g/mol. The van der Waals surface area contributed by atoms with Crippen molar-refractivity contribution in [3.05, 3.63) is 0 Å². The van der Waals surface area contributed by atoms with Crippen molar-refractivity contribution in [2.45, 2.75) is 6.92 Å². The Bertz CT molecular complexity index is 106. The molecule has 0 saturated carbocycles. The summed E-state index contributed by atoms with van der Waals surface area (Å²) in [6, 6.07) is 0. The first-order valence-corrected chi connectivity index (χ1v) is 3.29. The van der Waals surface area contributed by atoms with Gasteiger partial charge in [0.15, 0.2) is 0 Å². The molecule has 0 aromatic rings. The van der Waals surface area contributed by atoms with Crippen molar-refractivity contribution < 1.29 is 9.90 Å². The summed E-state index contributed by atoms with van der Waals surface area (Å²) in [6.45, 7) is 3.24. The maximum Gasteiger partial charge on any atom is 0.317 e. The van der Waals surface area contributed by atoms with Gasteiger partial charge in [-0.1, -0.05) is 6.92 Å². The molecule has 0 rings (SSSR count). The molecule has 4 heteroatoms. The first-order valence-electron chi connectivity index (χ1n) is 3.29. The van der Waals surface area contributed by atoms with Gasteiger partial charge in [-0.2, -0.15) is 0 Å². The summed E-state index contributed by atoms with van der Waals surface area (Å²) in [5, 5.41) is 11.0. The van der Waals surface area contributed by atoms with Gasteiger partial charge in [-0.05, 0) is 19.0 Å². The van der Waals surface area contributed by atoms with Crippen LogP contribution in [0.25, 0.3) is 0 Å². The van der Waals surface area contributed by atoms with Gasteiger partial charge >= 0.3 is 5.97 Å². The van der Waals surface area contributed by atoms with Crippen molar-refractivity contribution in [2.75, 3.05) is 19.6 Å². The number of carboxylic acids is 1. The van der Waals surface area contributed by atoms with E-state index in [9.17, 15) is 4.79 Å². The van der Waals surface area contributed by atoms with E-state index >= 15 is 0 Å². The van der Waals surface area contributed by atoms with Gasteiger partial charge in [0.2, 0.25) is 0 Å². The van der Waals surface area contributed by atoms with Gasteiger partial charge in [0.25, 0.3) is 0 Å². The Morgan fingerprint density at radius 1 is 1.80 bits per heavy atom. The lowest BCUT2D eigenvalue weighted by atomic mass is 10.2. The summed E-state index contributed by atoms with van der Waals surface area (Å²) >= 11 is 0. The van der Waals surface area contributed by atoms with Gasteiger partial charge in [0.1, 0.15) is 0 Å². The van der Waals surface area contributed by atoms with Gasteiger partial charge in [-0.3, -0.25) is 4.79 Å². The molecule has 0 spiro atoms. The van der Waals surface area contributed by atoms with E-state index in [1.54, 1.807) is 0 Å². The third-order valence-corrected chi connectivity index (χ3v) is 1.17. The van der Waals surface area contributed by atoms with E-state index in [0.29, 0.717) is 19.0 Å². The minimum Gasteiger partial charge on any atom is -0.480 e. The van der Waals surface area contributed by atoms with E-state index < -0.39 is 5.97 Å². The maximum absolute atomic E-state index is 9.98. The van der Waals surface area contributed by atoms with Gasteiger partial charge < -0.3 is 16.2 Å². The molecule has 60 valence electrons. The van der Waals surface area contributed by atoms with Crippen LogP contribution in [0.15, 0.2) is 0 Å². The predicted octanol–water partition coefficient (Wildman–Crippen LogP) is -0.745. The third-order valence-electron chi connectivity index (χ3n) is 1.17. The molecule has 0 aliphatic carbocycles. The lowest BCUT2D eigenvalue weighted by molar-refractivity contribution is -0.135. The van der Waals surface area contributed by atoms with Crippen LogP contribution in [0.5, 0.6) is 0 Å². The Labute approximate surface area is 60.4 Å². The van der Waals surface area contributed by atoms with Gasteiger partial charge in [-0.15, -0.1) is 0 Å². The molecule has 0 aromatic carbocycles. The molecular formula is C6H14N2O2. The molecule has 0 saturated heterocycles. The number of hydrogen-bond acceptors (Lipinski definition) is 3. The van der Waals surface area contributed by atoms with E-state index in [1.165, 1.54) is 0 Å². The SMILES string of the molecule is CC(CN)CNCC(=O)O. The second kappa shape index (κ2) is 5.20. The van der Waals surface area contributed by atoms with E-state index in [0.717, 1.165) is 0 Å².